The summed E-state index contributed by atoms with van der Waals surface area (Å²) >= 11 is 0. The van der Waals surface area contributed by atoms with Crippen molar-refractivity contribution in [3.8, 4) is 0 Å². The number of carbonyl (C=O) groups excluding carboxylic acids is 1. The molecule has 0 bridgehead atoms. The second-order valence-corrected chi connectivity index (χ2v) is 5.16. The fourth-order valence-corrected chi connectivity index (χ4v) is 1.57. The highest BCUT2D eigenvalue weighted by Gasteiger charge is 2.15. The van der Waals surface area contributed by atoms with Crippen molar-refractivity contribution in [2.75, 3.05) is 18.4 Å². The molecular weight excluding hydrogens is 228 g/mol. The van der Waals surface area contributed by atoms with E-state index in [1.165, 1.54) is 0 Å². The van der Waals surface area contributed by atoms with Crippen LogP contribution in [0.3, 0.4) is 0 Å². The van der Waals surface area contributed by atoms with Crippen LogP contribution in [0.15, 0.2) is 12.1 Å². The van der Waals surface area contributed by atoms with Crippen molar-refractivity contribution in [2.45, 2.75) is 40.2 Å². The number of nitrogens with zero attached hydrogens (tertiary/aromatic N) is 3. The van der Waals surface area contributed by atoms with E-state index in [4.69, 9.17) is 0 Å². The quantitative estimate of drug-likeness (QED) is 0.889. The first-order valence-electron chi connectivity index (χ1n) is 6.28. The van der Waals surface area contributed by atoms with E-state index in [1.807, 2.05) is 34.6 Å². The van der Waals surface area contributed by atoms with Gasteiger partial charge in [0.2, 0.25) is 0 Å². The van der Waals surface area contributed by atoms with Crippen LogP contribution >= 0.6 is 0 Å². The van der Waals surface area contributed by atoms with Crippen molar-refractivity contribution < 1.29 is 4.79 Å². The van der Waals surface area contributed by atoms with Gasteiger partial charge >= 0.3 is 0 Å². The number of rotatable bonds is 4. The van der Waals surface area contributed by atoms with E-state index >= 15 is 0 Å². The minimum atomic E-state index is -0.0743. The molecule has 1 heterocycles. The highest BCUT2D eigenvalue weighted by molar-refractivity contribution is 5.92. The van der Waals surface area contributed by atoms with E-state index in [-0.39, 0.29) is 11.4 Å². The molecule has 0 fully saturated rings. The molecule has 0 aromatic carbocycles. The Balaban J connectivity index is 2.79. The van der Waals surface area contributed by atoms with Crippen molar-refractivity contribution >= 4 is 11.7 Å². The average Bonchev–Trinajstić information content (AvgIpc) is 2.29. The van der Waals surface area contributed by atoms with Gasteiger partial charge in [0.25, 0.3) is 5.91 Å². The minimum absolute atomic E-state index is 0.0704. The first-order chi connectivity index (χ1) is 8.37. The van der Waals surface area contributed by atoms with Crippen LogP contribution in [-0.2, 0) is 0 Å². The summed E-state index contributed by atoms with van der Waals surface area (Å²) in [7, 11) is 0. The standard InChI is InChI=1S/C13H22N4O/c1-6-17(7-2)12(18)10-8-9-11(16-15-10)14-13(3,4)5/h8-9H,6-7H2,1-5H3,(H,14,16). The van der Waals surface area contributed by atoms with E-state index in [2.05, 4.69) is 15.5 Å². The SMILES string of the molecule is CCN(CC)C(=O)c1ccc(NC(C)(C)C)nn1. The van der Waals surface area contributed by atoms with Gasteiger partial charge in [-0.05, 0) is 46.8 Å². The predicted octanol–water partition coefficient (Wildman–Crippen LogP) is 2.17. The van der Waals surface area contributed by atoms with Crippen LogP contribution in [0.25, 0.3) is 0 Å². The lowest BCUT2D eigenvalue weighted by Crippen LogP contribution is -2.31. The molecule has 1 aromatic rings. The van der Waals surface area contributed by atoms with E-state index in [0.717, 1.165) is 0 Å². The summed E-state index contributed by atoms with van der Waals surface area (Å²) in [6.45, 7) is 11.4. The Hall–Kier alpha value is -1.65. The Morgan fingerprint density at radius 2 is 1.83 bits per heavy atom. The third-order valence-corrected chi connectivity index (χ3v) is 2.44. The van der Waals surface area contributed by atoms with Gasteiger partial charge in [0.15, 0.2) is 5.69 Å². The molecule has 0 spiro atoms. The fraction of sp³-hybridized carbons (Fsp3) is 0.615. The van der Waals surface area contributed by atoms with Gasteiger partial charge in [0.05, 0.1) is 0 Å². The molecule has 1 rings (SSSR count). The summed E-state index contributed by atoms with van der Waals surface area (Å²) in [4.78, 5) is 13.7. The first kappa shape index (κ1) is 14.4. The molecule has 1 amide bonds. The summed E-state index contributed by atoms with van der Waals surface area (Å²) in [5.74, 6) is 0.605. The maximum absolute atomic E-state index is 12.0. The van der Waals surface area contributed by atoms with Gasteiger partial charge < -0.3 is 10.2 Å². The van der Waals surface area contributed by atoms with Crippen LogP contribution in [0, 0.1) is 0 Å². The molecule has 0 atom stereocenters. The summed E-state index contributed by atoms with van der Waals surface area (Å²) in [6.07, 6.45) is 0. The van der Waals surface area contributed by atoms with Crippen molar-refractivity contribution in [3.63, 3.8) is 0 Å². The topological polar surface area (TPSA) is 58.1 Å². The minimum Gasteiger partial charge on any atom is -0.364 e. The summed E-state index contributed by atoms with van der Waals surface area (Å²) in [5.41, 5.74) is 0.317. The molecule has 0 saturated heterocycles. The molecule has 0 radical (unpaired) electrons. The van der Waals surface area contributed by atoms with Gasteiger partial charge in [0.1, 0.15) is 5.82 Å². The van der Waals surface area contributed by atoms with Crippen LogP contribution < -0.4 is 5.32 Å². The fourth-order valence-electron chi connectivity index (χ4n) is 1.57. The molecule has 5 nitrogen and oxygen atoms in total. The van der Waals surface area contributed by atoms with Gasteiger partial charge in [0, 0.05) is 18.6 Å². The molecule has 1 N–H and O–H groups in total. The summed E-state index contributed by atoms with van der Waals surface area (Å²) in [5, 5.41) is 11.2. The predicted molar refractivity (Wildman–Crippen MR) is 72.7 cm³/mol. The molecule has 0 unspecified atom stereocenters. The number of carbonyl (C=O) groups is 1. The maximum Gasteiger partial charge on any atom is 0.274 e. The second kappa shape index (κ2) is 5.80. The lowest BCUT2D eigenvalue weighted by atomic mass is 10.1. The van der Waals surface area contributed by atoms with Gasteiger partial charge in [-0.3, -0.25) is 4.79 Å². The number of hydrogen-bond donors (Lipinski definition) is 1. The second-order valence-electron chi connectivity index (χ2n) is 5.16. The van der Waals surface area contributed by atoms with E-state index < -0.39 is 0 Å². The van der Waals surface area contributed by atoms with Gasteiger partial charge in [-0.1, -0.05) is 0 Å². The Bertz CT molecular complexity index is 390. The van der Waals surface area contributed by atoms with E-state index in [9.17, 15) is 4.79 Å². The Morgan fingerprint density at radius 3 is 2.22 bits per heavy atom. The van der Waals surface area contributed by atoms with Crippen molar-refractivity contribution in [2.24, 2.45) is 0 Å². The first-order valence-corrected chi connectivity index (χ1v) is 6.28. The highest BCUT2D eigenvalue weighted by atomic mass is 16.2. The zero-order valence-corrected chi connectivity index (χ0v) is 11.8. The van der Waals surface area contributed by atoms with E-state index in [0.29, 0.717) is 24.6 Å². The van der Waals surface area contributed by atoms with Gasteiger partial charge in [-0.25, -0.2) is 0 Å². The van der Waals surface area contributed by atoms with Gasteiger partial charge in [-0.2, -0.15) is 0 Å². The van der Waals surface area contributed by atoms with Crippen molar-refractivity contribution in [1.29, 1.82) is 0 Å². The Kier molecular flexibility index (Phi) is 4.64. The molecule has 0 aliphatic carbocycles. The molecule has 0 aliphatic rings. The maximum atomic E-state index is 12.0. The lowest BCUT2D eigenvalue weighted by molar-refractivity contribution is 0.0766. The number of nitrogens with one attached hydrogen (secondary N) is 1. The van der Waals surface area contributed by atoms with Crippen LogP contribution in [0.1, 0.15) is 45.1 Å². The zero-order chi connectivity index (χ0) is 13.8. The Morgan fingerprint density at radius 1 is 1.22 bits per heavy atom. The summed E-state index contributed by atoms with van der Waals surface area (Å²) < 4.78 is 0. The number of aromatic nitrogens is 2. The number of hydrogen-bond acceptors (Lipinski definition) is 4. The zero-order valence-electron chi connectivity index (χ0n) is 11.8. The Labute approximate surface area is 109 Å². The molecule has 100 valence electrons. The van der Waals surface area contributed by atoms with Crippen LogP contribution in [0.2, 0.25) is 0 Å². The van der Waals surface area contributed by atoms with Crippen molar-refractivity contribution in [3.05, 3.63) is 17.8 Å². The number of amides is 1. The van der Waals surface area contributed by atoms with Crippen LogP contribution in [0.5, 0.6) is 0 Å². The third kappa shape index (κ3) is 3.98. The molecule has 0 aliphatic heterocycles. The molecule has 5 heteroatoms. The lowest BCUT2D eigenvalue weighted by Gasteiger charge is -2.21. The average molecular weight is 250 g/mol. The van der Waals surface area contributed by atoms with Crippen molar-refractivity contribution in [1.82, 2.24) is 15.1 Å². The third-order valence-electron chi connectivity index (χ3n) is 2.44. The highest BCUT2D eigenvalue weighted by Crippen LogP contribution is 2.11. The van der Waals surface area contributed by atoms with Crippen LogP contribution in [0.4, 0.5) is 5.82 Å². The summed E-state index contributed by atoms with van der Waals surface area (Å²) in [6, 6.07) is 3.50. The molecule has 18 heavy (non-hydrogen) atoms. The smallest absolute Gasteiger partial charge is 0.274 e. The molecular formula is C13H22N4O. The van der Waals surface area contributed by atoms with Gasteiger partial charge in [-0.15, -0.1) is 10.2 Å². The van der Waals surface area contributed by atoms with E-state index in [1.54, 1.807) is 17.0 Å². The largest absolute Gasteiger partial charge is 0.364 e. The van der Waals surface area contributed by atoms with Crippen LogP contribution in [-0.4, -0.2) is 39.6 Å². The number of anilines is 1. The molecule has 1 aromatic heterocycles. The monoisotopic (exact) mass is 250 g/mol. The molecule has 0 saturated carbocycles. The normalized spacial score (nSPS) is 11.2.